The smallest absolute Gasteiger partial charge is 0.223 e. The molecule has 2 saturated heterocycles. The van der Waals surface area contributed by atoms with Crippen LogP contribution in [0.2, 0.25) is 0 Å². The maximum Gasteiger partial charge on any atom is 0.223 e. The van der Waals surface area contributed by atoms with Crippen molar-refractivity contribution in [2.75, 3.05) is 30.9 Å². The fourth-order valence-corrected chi connectivity index (χ4v) is 5.03. The maximum absolute atomic E-state index is 12.0. The number of thioether (sulfide) groups is 1. The first-order valence-corrected chi connectivity index (χ1v) is 10.6. The zero-order valence-electron chi connectivity index (χ0n) is 13.0. The molecule has 0 saturated carbocycles. The van der Waals surface area contributed by atoms with Gasteiger partial charge in [-0.15, -0.1) is 11.8 Å². The van der Waals surface area contributed by atoms with Crippen molar-refractivity contribution in [3.63, 3.8) is 0 Å². The molecule has 8 heteroatoms. The van der Waals surface area contributed by atoms with Crippen LogP contribution in [0.4, 0.5) is 0 Å². The van der Waals surface area contributed by atoms with E-state index in [9.17, 15) is 13.2 Å². The van der Waals surface area contributed by atoms with Crippen LogP contribution in [0.5, 0.6) is 5.75 Å². The quantitative estimate of drug-likeness (QED) is 0.783. The van der Waals surface area contributed by atoms with Crippen molar-refractivity contribution in [2.24, 2.45) is 0 Å². The Morgan fingerprint density at radius 2 is 2.30 bits per heavy atom. The van der Waals surface area contributed by atoms with E-state index in [2.05, 4.69) is 4.98 Å². The van der Waals surface area contributed by atoms with Crippen molar-refractivity contribution in [2.45, 2.75) is 23.7 Å². The minimum Gasteiger partial charge on any atom is -0.488 e. The minimum atomic E-state index is -3.09. The largest absolute Gasteiger partial charge is 0.488 e. The maximum atomic E-state index is 12.0. The van der Waals surface area contributed by atoms with E-state index >= 15 is 0 Å². The Morgan fingerprint density at radius 1 is 1.52 bits per heavy atom. The molecule has 23 heavy (non-hydrogen) atoms. The van der Waals surface area contributed by atoms with E-state index in [1.54, 1.807) is 17.3 Å². The first kappa shape index (κ1) is 16.6. The molecule has 1 aromatic rings. The summed E-state index contributed by atoms with van der Waals surface area (Å²) in [5, 5.41) is 0. The second kappa shape index (κ2) is 6.32. The molecule has 1 atom stereocenters. The summed E-state index contributed by atoms with van der Waals surface area (Å²) in [6.07, 6.45) is 5.70. The van der Waals surface area contributed by atoms with Crippen LogP contribution in [0.1, 0.15) is 12.8 Å². The zero-order valence-corrected chi connectivity index (χ0v) is 14.6. The van der Waals surface area contributed by atoms with Crippen molar-refractivity contribution in [1.29, 1.82) is 0 Å². The van der Waals surface area contributed by atoms with Crippen LogP contribution in [0.25, 0.3) is 0 Å². The zero-order chi connectivity index (χ0) is 16.5. The molecule has 1 spiro atoms. The monoisotopic (exact) mass is 356 g/mol. The number of sulfone groups is 1. The summed E-state index contributed by atoms with van der Waals surface area (Å²) in [7, 11) is -3.09. The molecule has 0 bridgehead atoms. The lowest BCUT2D eigenvalue weighted by molar-refractivity contribution is -0.136. The number of hydrogen-bond donors (Lipinski definition) is 0. The molecule has 1 unspecified atom stereocenters. The molecule has 0 N–H and O–H groups in total. The number of hydrogen-bond acceptors (Lipinski definition) is 6. The highest BCUT2D eigenvalue weighted by Gasteiger charge is 2.51. The highest BCUT2D eigenvalue weighted by atomic mass is 32.2. The van der Waals surface area contributed by atoms with Gasteiger partial charge in [0.2, 0.25) is 5.91 Å². The summed E-state index contributed by atoms with van der Waals surface area (Å²) in [4.78, 5) is 17.8. The van der Waals surface area contributed by atoms with Crippen molar-refractivity contribution < 1.29 is 17.9 Å². The van der Waals surface area contributed by atoms with E-state index in [1.807, 2.05) is 23.9 Å². The van der Waals surface area contributed by atoms with Crippen LogP contribution in [0.3, 0.4) is 0 Å². The van der Waals surface area contributed by atoms with E-state index < -0.39 is 9.84 Å². The number of nitrogens with zero attached hydrogens (tertiary/aromatic N) is 2. The predicted octanol–water partition coefficient (Wildman–Crippen LogP) is 0.982. The highest BCUT2D eigenvalue weighted by molar-refractivity contribution is 8.01. The van der Waals surface area contributed by atoms with Crippen LogP contribution in [0, 0.1) is 0 Å². The molecule has 126 valence electrons. The van der Waals surface area contributed by atoms with Gasteiger partial charge in [0.15, 0.2) is 0 Å². The Labute approximate surface area is 140 Å². The topological polar surface area (TPSA) is 76.6 Å². The fourth-order valence-electron chi connectivity index (χ4n) is 2.96. The van der Waals surface area contributed by atoms with Crippen molar-refractivity contribution >= 4 is 27.5 Å². The summed E-state index contributed by atoms with van der Waals surface area (Å²) in [5.41, 5.74) is 0. The van der Waals surface area contributed by atoms with Gasteiger partial charge >= 0.3 is 0 Å². The molecular weight excluding hydrogens is 336 g/mol. The minimum absolute atomic E-state index is 0.0710. The van der Waals surface area contributed by atoms with Gasteiger partial charge in [-0.3, -0.25) is 9.78 Å². The molecule has 2 aliphatic rings. The van der Waals surface area contributed by atoms with E-state index in [4.69, 9.17) is 4.74 Å². The Kier molecular flexibility index (Phi) is 4.55. The lowest BCUT2D eigenvalue weighted by Crippen LogP contribution is -2.61. The van der Waals surface area contributed by atoms with E-state index in [0.717, 1.165) is 24.2 Å². The van der Waals surface area contributed by atoms with E-state index in [0.29, 0.717) is 13.1 Å². The standard InChI is InChI=1S/C15H20N2O4S2/c1-23(19,20)6-4-14(18)17-10-15(11-17)7-13(9-22-15)21-12-3-2-5-16-8-12/h2-3,5,8,13H,4,6-7,9-11H2,1H3. The number of carbonyl (C=O) groups is 1. The molecule has 0 aromatic carbocycles. The number of pyridine rings is 1. The molecule has 6 nitrogen and oxygen atoms in total. The van der Waals surface area contributed by atoms with Gasteiger partial charge in [0.25, 0.3) is 0 Å². The van der Waals surface area contributed by atoms with Crippen LogP contribution in [-0.2, 0) is 14.6 Å². The van der Waals surface area contributed by atoms with Crippen LogP contribution < -0.4 is 4.74 Å². The first-order chi connectivity index (χ1) is 10.9. The molecule has 3 heterocycles. The van der Waals surface area contributed by atoms with Crippen LogP contribution >= 0.6 is 11.8 Å². The average Bonchev–Trinajstić information content (AvgIpc) is 2.88. The SMILES string of the molecule is CS(=O)(=O)CCC(=O)N1CC2(CC(Oc3cccnc3)CS2)C1. The Bertz CT molecular complexity index is 672. The van der Waals surface area contributed by atoms with Crippen LogP contribution in [0.15, 0.2) is 24.5 Å². The molecular formula is C15H20N2O4S2. The summed E-state index contributed by atoms with van der Waals surface area (Å²) in [6, 6.07) is 3.74. The Morgan fingerprint density at radius 3 is 2.96 bits per heavy atom. The molecule has 1 amide bonds. The summed E-state index contributed by atoms with van der Waals surface area (Å²) < 4.78 is 28.3. The number of carbonyl (C=O) groups excluding carboxylic acids is 1. The Hall–Kier alpha value is -1.28. The Balaban J connectivity index is 1.46. The van der Waals surface area contributed by atoms with Crippen LogP contribution in [-0.4, -0.2) is 65.9 Å². The molecule has 0 radical (unpaired) electrons. The fraction of sp³-hybridized carbons (Fsp3) is 0.600. The third-order valence-electron chi connectivity index (χ3n) is 4.11. The van der Waals surface area contributed by atoms with Gasteiger partial charge < -0.3 is 9.64 Å². The number of amides is 1. The van der Waals surface area contributed by atoms with Crippen molar-refractivity contribution in [3.8, 4) is 5.75 Å². The lowest BCUT2D eigenvalue weighted by atomic mass is 9.92. The second-order valence-electron chi connectivity index (χ2n) is 6.26. The number of aromatic nitrogens is 1. The third-order valence-corrected chi connectivity index (χ3v) is 6.63. The van der Waals surface area contributed by atoms with E-state index in [1.165, 1.54) is 0 Å². The highest BCUT2D eigenvalue weighted by Crippen LogP contribution is 2.46. The normalized spacial score (nSPS) is 22.8. The van der Waals surface area contributed by atoms with Gasteiger partial charge in [-0.1, -0.05) is 0 Å². The van der Waals surface area contributed by atoms with Gasteiger partial charge in [0, 0.05) is 44.1 Å². The molecule has 2 fully saturated rings. The summed E-state index contributed by atoms with van der Waals surface area (Å²) in [5.74, 6) is 1.53. The van der Waals surface area contributed by atoms with Crippen molar-refractivity contribution in [1.82, 2.24) is 9.88 Å². The first-order valence-electron chi connectivity index (χ1n) is 7.51. The van der Waals surface area contributed by atoms with Crippen molar-refractivity contribution in [3.05, 3.63) is 24.5 Å². The summed E-state index contributed by atoms with van der Waals surface area (Å²) in [6.45, 7) is 1.38. The predicted molar refractivity (Wildman–Crippen MR) is 89.4 cm³/mol. The van der Waals surface area contributed by atoms with Gasteiger partial charge in [-0.05, 0) is 12.1 Å². The molecule has 1 aromatic heterocycles. The number of rotatable bonds is 5. The molecule has 3 rings (SSSR count). The lowest BCUT2D eigenvalue weighted by Gasteiger charge is -2.47. The third kappa shape index (κ3) is 4.17. The van der Waals surface area contributed by atoms with Gasteiger partial charge in [-0.2, -0.15) is 0 Å². The molecule has 2 aliphatic heterocycles. The summed E-state index contributed by atoms with van der Waals surface area (Å²) >= 11 is 1.85. The second-order valence-corrected chi connectivity index (χ2v) is 10.0. The van der Waals surface area contributed by atoms with E-state index in [-0.39, 0.29) is 28.9 Å². The van der Waals surface area contributed by atoms with Gasteiger partial charge in [-0.25, -0.2) is 8.42 Å². The van der Waals surface area contributed by atoms with Gasteiger partial charge in [0.1, 0.15) is 21.7 Å². The average molecular weight is 356 g/mol. The van der Waals surface area contributed by atoms with Gasteiger partial charge in [0.05, 0.1) is 16.7 Å². The number of likely N-dealkylation sites (tertiary alicyclic amines) is 1. The number of ether oxygens (including phenoxy) is 1. The molecule has 0 aliphatic carbocycles.